The number of amides is 2. The van der Waals surface area contributed by atoms with Gasteiger partial charge in [0.15, 0.2) is 0 Å². The Labute approximate surface area is 105 Å². The first-order valence-corrected chi connectivity index (χ1v) is 5.98. The van der Waals surface area contributed by atoms with Gasteiger partial charge in [0.1, 0.15) is 0 Å². The molecule has 1 saturated carbocycles. The zero-order chi connectivity index (χ0) is 13.5. The van der Waals surface area contributed by atoms with E-state index in [1.165, 1.54) is 0 Å². The monoisotopic (exact) mass is 258 g/mol. The molecule has 2 N–H and O–H groups in total. The lowest BCUT2D eigenvalue weighted by atomic mass is 10.3. The summed E-state index contributed by atoms with van der Waals surface area (Å²) < 4.78 is 9.42. The quantitative estimate of drug-likeness (QED) is 0.514. The lowest BCUT2D eigenvalue weighted by Gasteiger charge is -2.16. The Morgan fingerprint density at radius 3 is 2.00 bits per heavy atom. The van der Waals surface area contributed by atoms with Crippen molar-refractivity contribution in [3.63, 3.8) is 0 Å². The molecule has 1 rings (SSSR count). The van der Waals surface area contributed by atoms with Crippen molar-refractivity contribution in [2.24, 2.45) is 0 Å². The minimum absolute atomic E-state index is 0.126. The second kappa shape index (κ2) is 6.83. The molecule has 0 unspecified atom stereocenters. The third-order valence-electron chi connectivity index (χ3n) is 2.23. The highest BCUT2D eigenvalue weighted by Crippen LogP contribution is 2.18. The summed E-state index contributed by atoms with van der Waals surface area (Å²) in [5.74, 6) is -1.64. The number of rotatable bonds is 6. The van der Waals surface area contributed by atoms with Crippen LogP contribution < -0.4 is 10.6 Å². The van der Waals surface area contributed by atoms with E-state index < -0.39 is 24.0 Å². The molecule has 0 spiro atoms. The molecule has 1 fully saturated rings. The van der Waals surface area contributed by atoms with Crippen LogP contribution >= 0.6 is 0 Å². The van der Waals surface area contributed by atoms with Gasteiger partial charge in [-0.3, -0.25) is 0 Å². The van der Waals surface area contributed by atoms with Gasteiger partial charge >= 0.3 is 18.0 Å². The van der Waals surface area contributed by atoms with Gasteiger partial charge in [0.25, 0.3) is 0 Å². The Morgan fingerprint density at radius 1 is 1.11 bits per heavy atom. The lowest BCUT2D eigenvalue weighted by molar-refractivity contribution is -0.157. The summed E-state index contributed by atoms with van der Waals surface area (Å²) in [5, 5.41) is 4.87. The minimum atomic E-state index is -1.41. The molecule has 7 nitrogen and oxygen atoms in total. The van der Waals surface area contributed by atoms with E-state index in [0.29, 0.717) is 0 Å². The van der Waals surface area contributed by atoms with E-state index in [2.05, 4.69) is 10.6 Å². The highest BCUT2D eigenvalue weighted by molar-refractivity contribution is 6.02. The molecule has 0 radical (unpaired) electrons. The molecule has 0 aromatic heterocycles. The summed E-state index contributed by atoms with van der Waals surface area (Å²) in [6, 6.07) is -1.85. The largest absolute Gasteiger partial charge is 0.464 e. The minimum Gasteiger partial charge on any atom is -0.464 e. The molecule has 0 aromatic rings. The zero-order valence-corrected chi connectivity index (χ0v) is 10.5. The SMILES string of the molecule is CCOC(=O)C(NC(=O)NC1CC1)C(=O)OCC. The van der Waals surface area contributed by atoms with Gasteiger partial charge in [0.2, 0.25) is 6.04 Å². The summed E-state index contributed by atoms with van der Waals surface area (Å²) in [5.41, 5.74) is 0. The fraction of sp³-hybridized carbons (Fsp3) is 0.727. The van der Waals surface area contributed by atoms with Gasteiger partial charge < -0.3 is 20.1 Å². The summed E-state index contributed by atoms with van der Waals surface area (Å²) in [7, 11) is 0. The van der Waals surface area contributed by atoms with E-state index in [4.69, 9.17) is 9.47 Å². The first kappa shape index (κ1) is 14.3. The number of hydrogen-bond donors (Lipinski definition) is 2. The van der Waals surface area contributed by atoms with E-state index in [9.17, 15) is 14.4 Å². The van der Waals surface area contributed by atoms with Gasteiger partial charge in [-0.2, -0.15) is 0 Å². The number of esters is 2. The van der Waals surface area contributed by atoms with Crippen molar-refractivity contribution in [1.29, 1.82) is 0 Å². The molecule has 1 aliphatic rings. The average molecular weight is 258 g/mol. The second-order valence-electron chi connectivity index (χ2n) is 3.83. The lowest BCUT2D eigenvalue weighted by Crippen LogP contribution is -2.51. The third-order valence-corrected chi connectivity index (χ3v) is 2.23. The smallest absolute Gasteiger partial charge is 0.340 e. The molecule has 0 bridgehead atoms. The van der Waals surface area contributed by atoms with Crippen molar-refractivity contribution in [3.05, 3.63) is 0 Å². The number of urea groups is 1. The Balaban J connectivity index is 2.54. The van der Waals surface area contributed by atoms with E-state index in [1.54, 1.807) is 13.8 Å². The molecule has 102 valence electrons. The van der Waals surface area contributed by atoms with E-state index in [1.807, 2.05) is 0 Å². The van der Waals surface area contributed by atoms with E-state index in [-0.39, 0.29) is 19.3 Å². The number of hydrogen-bond acceptors (Lipinski definition) is 5. The van der Waals surface area contributed by atoms with Crippen molar-refractivity contribution in [1.82, 2.24) is 10.6 Å². The molecular formula is C11H18N2O5. The molecule has 7 heteroatoms. The second-order valence-corrected chi connectivity index (χ2v) is 3.83. The van der Waals surface area contributed by atoms with Crippen molar-refractivity contribution in [2.45, 2.75) is 38.8 Å². The van der Waals surface area contributed by atoms with Gasteiger partial charge in [0, 0.05) is 6.04 Å². The number of ether oxygens (including phenoxy) is 2. The van der Waals surface area contributed by atoms with Crippen LogP contribution in [0.2, 0.25) is 0 Å². The molecule has 1 aliphatic carbocycles. The maximum Gasteiger partial charge on any atom is 0.340 e. The van der Waals surface area contributed by atoms with E-state index >= 15 is 0 Å². The zero-order valence-electron chi connectivity index (χ0n) is 10.5. The van der Waals surface area contributed by atoms with Gasteiger partial charge in [0.05, 0.1) is 13.2 Å². The molecule has 0 aromatic carbocycles. The Kier molecular flexibility index (Phi) is 5.41. The van der Waals surface area contributed by atoms with Crippen LogP contribution in [0.15, 0.2) is 0 Å². The number of nitrogens with one attached hydrogen (secondary N) is 2. The van der Waals surface area contributed by atoms with Crippen LogP contribution in [0, 0.1) is 0 Å². The Bertz CT molecular complexity index is 309. The van der Waals surface area contributed by atoms with Crippen LogP contribution in [-0.2, 0) is 19.1 Å². The standard InChI is InChI=1S/C11H18N2O5/c1-3-17-9(14)8(10(15)18-4-2)13-11(16)12-7-5-6-7/h7-8H,3-6H2,1-2H3,(H2,12,13,16). The van der Waals surface area contributed by atoms with Crippen molar-refractivity contribution in [2.75, 3.05) is 13.2 Å². The van der Waals surface area contributed by atoms with Crippen LogP contribution in [-0.4, -0.2) is 43.3 Å². The fourth-order valence-corrected chi connectivity index (χ4v) is 1.25. The maximum atomic E-state index is 11.5. The van der Waals surface area contributed by atoms with Gasteiger partial charge in [-0.1, -0.05) is 0 Å². The summed E-state index contributed by atoms with van der Waals surface area (Å²) >= 11 is 0. The molecule has 0 aliphatic heterocycles. The normalized spacial score (nSPS) is 13.9. The highest BCUT2D eigenvalue weighted by Gasteiger charge is 2.32. The van der Waals surface area contributed by atoms with Gasteiger partial charge in [-0.15, -0.1) is 0 Å². The van der Waals surface area contributed by atoms with E-state index in [0.717, 1.165) is 12.8 Å². The Hall–Kier alpha value is -1.79. The molecule has 18 heavy (non-hydrogen) atoms. The Morgan fingerprint density at radius 2 is 1.61 bits per heavy atom. The number of carbonyl (C=O) groups excluding carboxylic acids is 3. The maximum absolute atomic E-state index is 11.5. The topological polar surface area (TPSA) is 93.7 Å². The number of carbonyl (C=O) groups is 3. The predicted molar refractivity (Wildman–Crippen MR) is 61.7 cm³/mol. The predicted octanol–water partition coefficient (Wildman–Crippen LogP) is -0.0572. The first-order chi connectivity index (χ1) is 8.58. The molecular weight excluding hydrogens is 240 g/mol. The molecule has 0 saturated heterocycles. The highest BCUT2D eigenvalue weighted by atomic mass is 16.6. The van der Waals surface area contributed by atoms with Crippen molar-refractivity contribution in [3.8, 4) is 0 Å². The van der Waals surface area contributed by atoms with Crippen molar-refractivity contribution >= 4 is 18.0 Å². The summed E-state index contributed by atoms with van der Waals surface area (Å²) in [6.07, 6.45) is 1.83. The third kappa shape index (κ3) is 4.60. The molecule has 0 atom stereocenters. The fourth-order valence-electron chi connectivity index (χ4n) is 1.25. The van der Waals surface area contributed by atoms with Crippen LogP contribution in [0.4, 0.5) is 4.79 Å². The van der Waals surface area contributed by atoms with Crippen LogP contribution in [0.3, 0.4) is 0 Å². The molecule has 0 heterocycles. The molecule has 2 amide bonds. The summed E-state index contributed by atoms with van der Waals surface area (Å²) in [4.78, 5) is 34.5. The van der Waals surface area contributed by atoms with Crippen LogP contribution in [0.1, 0.15) is 26.7 Å². The van der Waals surface area contributed by atoms with Crippen LogP contribution in [0.5, 0.6) is 0 Å². The first-order valence-electron chi connectivity index (χ1n) is 5.98. The summed E-state index contributed by atoms with van der Waals surface area (Å²) in [6.45, 7) is 3.48. The average Bonchev–Trinajstić information content (AvgIpc) is 3.10. The van der Waals surface area contributed by atoms with Crippen LogP contribution in [0.25, 0.3) is 0 Å². The van der Waals surface area contributed by atoms with Gasteiger partial charge in [-0.25, -0.2) is 14.4 Å². The van der Waals surface area contributed by atoms with Gasteiger partial charge in [-0.05, 0) is 26.7 Å². The van der Waals surface area contributed by atoms with Crippen molar-refractivity contribution < 1.29 is 23.9 Å².